The van der Waals surface area contributed by atoms with E-state index < -0.39 is 11.4 Å². The number of anilines is 1. The summed E-state index contributed by atoms with van der Waals surface area (Å²) in [4.78, 5) is 23.8. The Labute approximate surface area is 125 Å². The van der Waals surface area contributed by atoms with E-state index >= 15 is 0 Å². The predicted molar refractivity (Wildman–Crippen MR) is 82.8 cm³/mol. The molecule has 1 heterocycles. The zero-order valence-electron chi connectivity index (χ0n) is 12.4. The molecule has 0 aromatic heterocycles. The number of carbonyl (C=O) groups is 2. The lowest BCUT2D eigenvalue weighted by atomic mass is 9.90. The molecule has 2 amide bonds. The van der Waals surface area contributed by atoms with Crippen LogP contribution in [0.15, 0.2) is 24.3 Å². The van der Waals surface area contributed by atoms with Crippen LogP contribution in [0, 0.1) is 0 Å². The molecule has 0 aliphatic carbocycles. The van der Waals surface area contributed by atoms with E-state index in [0.717, 1.165) is 37.8 Å². The molecular weight excluding hydrogens is 266 g/mol. The van der Waals surface area contributed by atoms with Gasteiger partial charge in [0.25, 0.3) is 0 Å². The summed E-state index contributed by atoms with van der Waals surface area (Å²) in [5, 5.41) is 6.32. The van der Waals surface area contributed by atoms with Gasteiger partial charge in [-0.05, 0) is 37.4 Å². The fourth-order valence-corrected chi connectivity index (χ4v) is 2.98. The molecule has 0 bridgehead atoms. The summed E-state index contributed by atoms with van der Waals surface area (Å²) in [6, 6.07) is 7.30. The van der Waals surface area contributed by atoms with Crippen LogP contribution in [0.25, 0.3) is 0 Å². The molecule has 4 N–H and O–H groups in total. The van der Waals surface area contributed by atoms with E-state index in [0.29, 0.717) is 5.69 Å². The second kappa shape index (κ2) is 6.72. The van der Waals surface area contributed by atoms with Crippen LogP contribution in [0.5, 0.6) is 0 Å². The molecule has 1 saturated heterocycles. The van der Waals surface area contributed by atoms with Crippen molar-refractivity contribution in [2.24, 2.45) is 5.73 Å². The van der Waals surface area contributed by atoms with Crippen LogP contribution in [0.3, 0.4) is 0 Å². The van der Waals surface area contributed by atoms with Gasteiger partial charge >= 0.3 is 0 Å². The molecule has 0 spiro atoms. The number of nitrogens with two attached hydrogens (primary N) is 1. The van der Waals surface area contributed by atoms with Crippen LogP contribution in [-0.2, 0) is 16.0 Å². The number of nitrogens with one attached hydrogen (secondary N) is 2. The first-order valence-corrected chi connectivity index (χ1v) is 7.50. The maximum atomic E-state index is 12.7. The van der Waals surface area contributed by atoms with Crippen LogP contribution >= 0.6 is 0 Å². The molecule has 1 atom stereocenters. The van der Waals surface area contributed by atoms with Gasteiger partial charge in [0.1, 0.15) is 0 Å². The first-order chi connectivity index (χ1) is 10.1. The highest BCUT2D eigenvalue weighted by molar-refractivity contribution is 5.99. The molecule has 1 aliphatic rings. The van der Waals surface area contributed by atoms with Crippen LogP contribution in [0.1, 0.15) is 38.2 Å². The third-order valence-electron chi connectivity index (χ3n) is 3.99. The Morgan fingerprint density at radius 1 is 1.38 bits per heavy atom. The van der Waals surface area contributed by atoms with Gasteiger partial charge in [-0.3, -0.25) is 9.59 Å². The standard InChI is InChI=1S/C16H23N3O2/c1-2-8-16(9-5-10-18-16)15(21)19-13-7-4-3-6-12(13)11-14(17)20/h3-4,6-7,18H,2,5,8-11H2,1H3,(H2,17,20)(H,19,21). The monoisotopic (exact) mass is 289 g/mol. The first kappa shape index (κ1) is 15.5. The summed E-state index contributed by atoms with van der Waals surface area (Å²) in [6.07, 6.45) is 3.76. The van der Waals surface area contributed by atoms with Crippen molar-refractivity contribution in [1.29, 1.82) is 0 Å². The normalized spacial score (nSPS) is 21.2. The van der Waals surface area contributed by atoms with Gasteiger partial charge < -0.3 is 16.4 Å². The summed E-state index contributed by atoms with van der Waals surface area (Å²) in [6.45, 7) is 2.95. The summed E-state index contributed by atoms with van der Waals surface area (Å²) in [5.41, 5.74) is 6.20. The molecular formula is C16H23N3O2. The van der Waals surface area contributed by atoms with E-state index in [1.807, 2.05) is 24.3 Å². The highest BCUT2D eigenvalue weighted by Gasteiger charge is 2.40. The Morgan fingerprint density at radius 2 is 2.14 bits per heavy atom. The predicted octanol–water partition coefficient (Wildman–Crippen LogP) is 1.58. The molecule has 5 nitrogen and oxygen atoms in total. The van der Waals surface area contributed by atoms with Crippen LogP contribution < -0.4 is 16.4 Å². The molecule has 21 heavy (non-hydrogen) atoms. The summed E-state index contributed by atoms with van der Waals surface area (Å²) in [7, 11) is 0. The third-order valence-corrected chi connectivity index (χ3v) is 3.99. The molecule has 2 rings (SSSR count). The van der Waals surface area contributed by atoms with Crippen LogP contribution in [-0.4, -0.2) is 23.9 Å². The lowest BCUT2D eigenvalue weighted by molar-refractivity contribution is -0.122. The van der Waals surface area contributed by atoms with Crippen molar-refractivity contribution in [3.8, 4) is 0 Å². The molecule has 1 unspecified atom stereocenters. The summed E-state index contributed by atoms with van der Waals surface area (Å²) >= 11 is 0. The van der Waals surface area contributed by atoms with Gasteiger partial charge in [0.05, 0.1) is 12.0 Å². The van der Waals surface area contributed by atoms with Crippen molar-refractivity contribution in [2.45, 2.75) is 44.6 Å². The Kier molecular flexibility index (Phi) is 4.96. The summed E-state index contributed by atoms with van der Waals surface area (Å²) < 4.78 is 0. The van der Waals surface area contributed by atoms with E-state index in [-0.39, 0.29) is 12.3 Å². The highest BCUT2D eigenvalue weighted by Crippen LogP contribution is 2.27. The van der Waals surface area contributed by atoms with E-state index in [1.165, 1.54) is 0 Å². The number of primary amides is 1. The molecule has 114 valence electrons. The number of para-hydroxylation sites is 1. The Balaban J connectivity index is 2.17. The highest BCUT2D eigenvalue weighted by atomic mass is 16.2. The Morgan fingerprint density at radius 3 is 2.76 bits per heavy atom. The topological polar surface area (TPSA) is 84.2 Å². The quantitative estimate of drug-likeness (QED) is 0.743. The van der Waals surface area contributed by atoms with Crippen molar-refractivity contribution < 1.29 is 9.59 Å². The van der Waals surface area contributed by atoms with Gasteiger partial charge in [-0.1, -0.05) is 31.5 Å². The van der Waals surface area contributed by atoms with E-state index in [2.05, 4.69) is 17.6 Å². The van der Waals surface area contributed by atoms with Crippen molar-refractivity contribution in [1.82, 2.24) is 5.32 Å². The van der Waals surface area contributed by atoms with Crippen molar-refractivity contribution in [2.75, 3.05) is 11.9 Å². The molecule has 1 aromatic carbocycles. The number of carbonyl (C=O) groups excluding carboxylic acids is 2. The average Bonchev–Trinajstić information content (AvgIpc) is 2.91. The molecule has 0 radical (unpaired) electrons. The smallest absolute Gasteiger partial charge is 0.244 e. The largest absolute Gasteiger partial charge is 0.369 e. The van der Waals surface area contributed by atoms with Crippen molar-refractivity contribution in [3.63, 3.8) is 0 Å². The van der Waals surface area contributed by atoms with Crippen molar-refractivity contribution >= 4 is 17.5 Å². The minimum absolute atomic E-state index is 0.0150. The minimum atomic E-state index is -0.478. The van der Waals surface area contributed by atoms with Crippen molar-refractivity contribution in [3.05, 3.63) is 29.8 Å². The molecule has 1 aromatic rings. The molecule has 0 saturated carbocycles. The average molecular weight is 289 g/mol. The lowest BCUT2D eigenvalue weighted by Gasteiger charge is -2.28. The SMILES string of the molecule is CCCC1(C(=O)Nc2ccccc2CC(N)=O)CCCN1. The molecule has 1 fully saturated rings. The Bertz CT molecular complexity index is 522. The maximum Gasteiger partial charge on any atom is 0.244 e. The van der Waals surface area contributed by atoms with Gasteiger partial charge in [0.15, 0.2) is 0 Å². The third kappa shape index (κ3) is 3.61. The van der Waals surface area contributed by atoms with E-state index in [4.69, 9.17) is 5.73 Å². The number of hydrogen-bond acceptors (Lipinski definition) is 3. The zero-order valence-corrected chi connectivity index (χ0v) is 12.4. The number of hydrogen-bond donors (Lipinski definition) is 3. The van der Waals surface area contributed by atoms with Crippen LogP contribution in [0.4, 0.5) is 5.69 Å². The number of benzene rings is 1. The zero-order chi connectivity index (χ0) is 15.3. The Hall–Kier alpha value is -1.88. The van der Waals surface area contributed by atoms with Gasteiger partial charge in [-0.2, -0.15) is 0 Å². The fourth-order valence-electron chi connectivity index (χ4n) is 2.98. The molecule has 5 heteroatoms. The van der Waals surface area contributed by atoms with Gasteiger partial charge in [0, 0.05) is 5.69 Å². The number of amides is 2. The van der Waals surface area contributed by atoms with E-state index in [9.17, 15) is 9.59 Å². The second-order valence-corrected chi connectivity index (χ2v) is 5.62. The number of rotatable bonds is 6. The summed E-state index contributed by atoms with van der Waals surface area (Å²) in [5.74, 6) is -0.419. The first-order valence-electron chi connectivity index (χ1n) is 7.50. The second-order valence-electron chi connectivity index (χ2n) is 5.62. The molecule has 1 aliphatic heterocycles. The van der Waals surface area contributed by atoms with Gasteiger partial charge in [-0.25, -0.2) is 0 Å². The lowest BCUT2D eigenvalue weighted by Crippen LogP contribution is -2.50. The minimum Gasteiger partial charge on any atom is -0.369 e. The maximum absolute atomic E-state index is 12.7. The van der Waals surface area contributed by atoms with Gasteiger partial charge in [-0.15, -0.1) is 0 Å². The van der Waals surface area contributed by atoms with E-state index in [1.54, 1.807) is 0 Å². The fraction of sp³-hybridized carbons (Fsp3) is 0.500. The van der Waals surface area contributed by atoms with Crippen LogP contribution in [0.2, 0.25) is 0 Å². The van der Waals surface area contributed by atoms with Gasteiger partial charge in [0.2, 0.25) is 11.8 Å².